The molecule has 0 aliphatic carbocycles. The van der Waals surface area contributed by atoms with Gasteiger partial charge in [-0.1, -0.05) is 29.8 Å². The predicted molar refractivity (Wildman–Crippen MR) is 103 cm³/mol. The average molecular weight is 375 g/mol. The maximum absolute atomic E-state index is 9.70. The topological polar surface area (TPSA) is 69.7 Å². The first-order chi connectivity index (χ1) is 12.7. The molecule has 2 aliphatic heterocycles. The summed E-state index contributed by atoms with van der Waals surface area (Å²) in [4.78, 5) is 6.76. The molecule has 0 radical (unpaired) electrons. The summed E-state index contributed by atoms with van der Waals surface area (Å²) in [6.07, 6.45) is 1.44. The van der Waals surface area contributed by atoms with Crippen LogP contribution < -0.4 is 20.3 Å². The van der Waals surface area contributed by atoms with Crippen LogP contribution in [-0.4, -0.2) is 42.6 Å². The molecule has 26 heavy (non-hydrogen) atoms. The van der Waals surface area contributed by atoms with Crippen LogP contribution in [0.5, 0.6) is 5.75 Å². The van der Waals surface area contributed by atoms with Crippen molar-refractivity contribution >= 4 is 23.2 Å². The van der Waals surface area contributed by atoms with Crippen molar-refractivity contribution in [2.24, 2.45) is 0 Å². The normalized spacial score (nSPS) is 22.0. The molecule has 2 atom stereocenters. The molecule has 1 fully saturated rings. The fourth-order valence-corrected chi connectivity index (χ4v) is 3.75. The number of aliphatic hydroxyl groups is 1. The van der Waals surface area contributed by atoms with Crippen molar-refractivity contribution < 1.29 is 9.84 Å². The molecule has 1 saturated heterocycles. The second-order valence-electron chi connectivity index (χ2n) is 6.68. The molecule has 0 bridgehead atoms. The minimum atomic E-state index is -0.254. The predicted octanol–water partition coefficient (Wildman–Crippen LogP) is 2.79. The van der Waals surface area contributed by atoms with Gasteiger partial charge in [0.05, 0.1) is 24.4 Å². The number of hydrogen-bond acceptors (Lipinski definition) is 6. The third-order valence-corrected chi connectivity index (χ3v) is 5.16. The van der Waals surface area contributed by atoms with Crippen LogP contribution in [0.4, 0.5) is 11.6 Å². The van der Waals surface area contributed by atoms with Crippen LogP contribution in [0.3, 0.4) is 0 Å². The largest absolute Gasteiger partial charge is 0.492 e. The highest BCUT2D eigenvalue weighted by Crippen LogP contribution is 2.37. The second kappa shape index (κ2) is 7.70. The number of pyridine rings is 1. The van der Waals surface area contributed by atoms with E-state index in [9.17, 15) is 5.11 Å². The number of hydrogen-bond donors (Lipinski definition) is 3. The molecule has 3 N–H and O–H groups in total. The molecule has 138 valence electrons. The minimum absolute atomic E-state index is 0.196. The summed E-state index contributed by atoms with van der Waals surface area (Å²) >= 11 is 6.23. The lowest BCUT2D eigenvalue weighted by molar-refractivity contribution is 0.198. The maximum atomic E-state index is 9.70. The van der Waals surface area contributed by atoms with Crippen LogP contribution in [0.2, 0.25) is 5.02 Å². The molecule has 7 heteroatoms. The highest BCUT2D eigenvalue weighted by Gasteiger charge is 2.23. The van der Waals surface area contributed by atoms with Crippen molar-refractivity contribution in [3.05, 3.63) is 47.0 Å². The second-order valence-corrected chi connectivity index (χ2v) is 7.08. The SMILES string of the molecule is O[C@H]1CCN(c2cccc(NCN[C@H]3CCOc4c(Cl)cccc43)n2)C1. The molecule has 2 aromatic rings. The van der Waals surface area contributed by atoms with Crippen LogP contribution in [-0.2, 0) is 0 Å². The molecule has 6 nitrogen and oxygen atoms in total. The van der Waals surface area contributed by atoms with Crippen LogP contribution in [0.15, 0.2) is 36.4 Å². The van der Waals surface area contributed by atoms with Gasteiger partial charge in [-0.25, -0.2) is 4.98 Å². The van der Waals surface area contributed by atoms with Crippen molar-refractivity contribution in [3.8, 4) is 5.75 Å². The fraction of sp³-hybridized carbons (Fsp3) is 0.421. The smallest absolute Gasteiger partial charge is 0.142 e. The first-order valence-electron chi connectivity index (χ1n) is 8.99. The molecular formula is C19H23ClN4O2. The minimum Gasteiger partial charge on any atom is -0.492 e. The van der Waals surface area contributed by atoms with E-state index >= 15 is 0 Å². The van der Waals surface area contributed by atoms with E-state index in [-0.39, 0.29) is 12.1 Å². The van der Waals surface area contributed by atoms with Gasteiger partial charge in [-0.2, -0.15) is 0 Å². The molecule has 3 heterocycles. The summed E-state index contributed by atoms with van der Waals surface area (Å²) in [7, 11) is 0. The monoisotopic (exact) mass is 374 g/mol. The zero-order valence-corrected chi connectivity index (χ0v) is 15.2. The number of para-hydroxylation sites is 1. The molecule has 2 aliphatic rings. The number of fused-ring (bicyclic) bond motifs is 1. The molecule has 0 unspecified atom stereocenters. The van der Waals surface area contributed by atoms with Gasteiger partial charge in [-0.05, 0) is 24.6 Å². The number of ether oxygens (including phenoxy) is 1. The summed E-state index contributed by atoms with van der Waals surface area (Å²) < 4.78 is 5.70. The summed E-state index contributed by atoms with van der Waals surface area (Å²) in [6, 6.07) is 12.0. The molecule has 1 aromatic carbocycles. The van der Waals surface area contributed by atoms with Crippen LogP contribution >= 0.6 is 11.6 Å². The van der Waals surface area contributed by atoms with Gasteiger partial charge in [-0.3, -0.25) is 5.32 Å². The average Bonchev–Trinajstić information content (AvgIpc) is 3.09. The molecule has 0 spiro atoms. The number of halogens is 1. The van der Waals surface area contributed by atoms with Crippen molar-refractivity contribution in [2.75, 3.05) is 36.6 Å². The van der Waals surface area contributed by atoms with E-state index in [1.54, 1.807) is 0 Å². The Morgan fingerprint density at radius 3 is 2.96 bits per heavy atom. The van der Waals surface area contributed by atoms with Gasteiger partial charge < -0.3 is 20.1 Å². The summed E-state index contributed by atoms with van der Waals surface area (Å²) in [5, 5.41) is 17.2. The Kier molecular flexibility index (Phi) is 5.15. The van der Waals surface area contributed by atoms with E-state index in [1.165, 1.54) is 0 Å². The molecule has 0 saturated carbocycles. The highest BCUT2D eigenvalue weighted by atomic mass is 35.5. The van der Waals surface area contributed by atoms with Gasteiger partial charge in [0.2, 0.25) is 0 Å². The van der Waals surface area contributed by atoms with E-state index in [1.807, 2.05) is 30.3 Å². The van der Waals surface area contributed by atoms with E-state index in [0.29, 0.717) is 24.8 Å². The van der Waals surface area contributed by atoms with Crippen molar-refractivity contribution in [2.45, 2.75) is 25.0 Å². The lowest BCUT2D eigenvalue weighted by atomic mass is 10.0. The number of aromatic nitrogens is 1. The van der Waals surface area contributed by atoms with Gasteiger partial charge in [0, 0.05) is 31.1 Å². The van der Waals surface area contributed by atoms with Gasteiger partial charge >= 0.3 is 0 Å². The Labute approximate surface area is 158 Å². The highest BCUT2D eigenvalue weighted by molar-refractivity contribution is 6.32. The van der Waals surface area contributed by atoms with Crippen LogP contribution in [0.1, 0.15) is 24.4 Å². The van der Waals surface area contributed by atoms with Gasteiger partial charge in [-0.15, -0.1) is 0 Å². The van der Waals surface area contributed by atoms with E-state index in [2.05, 4.69) is 26.6 Å². The Morgan fingerprint density at radius 2 is 2.12 bits per heavy atom. The first kappa shape index (κ1) is 17.4. The molecular weight excluding hydrogens is 352 g/mol. The number of anilines is 2. The van der Waals surface area contributed by atoms with E-state index in [0.717, 1.165) is 42.3 Å². The first-order valence-corrected chi connectivity index (χ1v) is 9.37. The quantitative estimate of drug-likeness (QED) is 0.699. The number of benzene rings is 1. The van der Waals surface area contributed by atoms with Gasteiger partial charge in [0.1, 0.15) is 17.4 Å². The lowest BCUT2D eigenvalue weighted by Gasteiger charge is -2.27. The third kappa shape index (κ3) is 3.72. The number of aliphatic hydroxyl groups excluding tert-OH is 1. The molecule has 1 aromatic heterocycles. The van der Waals surface area contributed by atoms with Crippen molar-refractivity contribution in [1.82, 2.24) is 10.3 Å². The number of β-amino-alcohol motifs (C(OH)–C–C–N with tert-alkyl or cyclic N) is 1. The van der Waals surface area contributed by atoms with Crippen molar-refractivity contribution in [3.63, 3.8) is 0 Å². The Morgan fingerprint density at radius 1 is 1.23 bits per heavy atom. The van der Waals surface area contributed by atoms with Crippen LogP contribution in [0, 0.1) is 0 Å². The zero-order chi connectivity index (χ0) is 17.9. The number of rotatable bonds is 5. The lowest BCUT2D eigenvalue weighted by Crippen LogP contribution is -2.31. The standard InChI is InChI=1S/C19H23ClN4O2/c20-15-4-1-3-14-16(8-10-26-19(14)15)21-12-22-17-5-2-6-18(23-17)24-9-7-13(25)11-24/h1-6,13,16,21,25H,7-12H2,(H,22,23)/t13-,16-/m0/s1. The van der Waals surface area contributed by atoms with Gasteiger partial charge in [0.25, 0.3) is 0 Å². The summed E-state index contributed by atoms with van der Waals surface area (Å²) in [5.41, 5.74) is 1.10. The Bertz CT molecular complexity index is 773. The number of nitrogens with one attached hydrogen (secondary N) is 2. The zero-order valence-electron chi connectivity index (χ0n) is 14.5. The van der Waals surface area contributed by atoms with E-state index in [4.69, 9.17) is 16.3 Å². The number of nitrogens with zero attached hydrogens (tertiary/aromatic N) is 2. The van der Waals surface area contributed by atoms with Crippen LogP contribution in [0.25, 0.3) is 0 Å². The maximum Gasteiger partial charge on any atom is 0.142 e. The van der Waals surface area contributed by atoms with Crippen molar-refractivity contribution in [1.29, 1.82) is 0 Å². The molecule has 0 amide bonds. The fourth-order valence-electron chi connectivity index (χ4n) is 3.51. The Balaban J connectivity index is 1.37. The van der Waals surface area contributed by atoms with Gasteiger partial charge in [0.15, 0.2) is 0 Å². The van der Waals surface area contributed by atoms with E-state index < -0.39 is 0 Å². The Hall–Kier alpha value is -2.02. The third-order valence-electron chi connectivity index (χ3n) is 4.87. The summed E-state index contributed by atoms with van der Waals surface area (Å²) in [6.45, 7) is 2.74. The summed E-state index contributed by atoms with van der Waals surface area (Å²) in [5.74, 6) is 2.50. The molecule has 4 rings (SSSR count).